The smallest absolute Gasteiger partial charge is 0.361 e. The maximum Gasteiger partial charge on any atom is 0.389 e. The molecule has 2 nitrogen and oxygen atoms in total. The van der Waals surface area contributed by atoms with Crippen LogP contribution < -0.4 is 5.73 Å². The molecule has 0 aliphatic carbocycles. The summed E-state index contributed by atoms with van der Waals surface area (Å²) in [5.74, 6) is 0. The first kappa shape index (κ1) is 14.9. The zero-order chi connectivity index (χ0) is 12.5. The quantitative estimate of drug-likeness (QED) is 0.877. The van der Waals surface area contributed by atoms with Crippen LogP contribution >= 0.6 is 12.4 Å². The summed E-state index contributed by atoms with van der Waals surface area (Å²) < 4.78 is 36.3. The average molecular weight is 279 g/mol. The summed E-state index contributed by atoms with van der Waals surface area (Å²) in [5.41, 5.74) is 7.43. The third-order valence-electron chi connectivity index (χ3n) is 2.76. The second-order valence-corrected chi connectivity index (χ2v) is 4.05. The highest BCUT2D eigenvalue weighted by atomic mass is 35.5. The van der Waals surface area contributed by atoms with Crippen LogP contribution in [0.4, 0.5) is 13.2 Å². The first-order chi connectivity index (χ1) is 7.97. The van der Waals surface area contributed by atoms with Crippen LogP contribution in [0, 0.1) is 0 Å². The van der Waals surface area contributed by atoms with Crippen molar-refractivity contribution in [1.29, 1.82) is 0 Å². The number of benzene rings is 1. The number of halogens is 4. The van der Waals surface area contributed by atoms with Crippen LogP contribution in [0.3, 0.4) is 0 Å². The molecule has 1 aromatic heterocycles. The van der Waals surface area contributed by atoms with Crippen LogP contribution in [0.2, 0.25) is 0 Å². The fourth-order valence-electron chi connectivity index (χ4n) is 1.88. The van der Waals surface area contributed by atoms with Gasteiger partial charge < -0.3 is 10.7 Å². The van der Waals surface area contributed by atoms with Crippen molar-refractivity contribution in [3.63, 3.8) is 0 Å². The Morgan fingerprint density at radius 1 is 1.22 bits per heavy atom. The lowest BCUT2D eigenvalue weighted by molar-refractivity contribution is -0.136. The number of nitrogens with one attached hydrogen (secondary N) is 1. The van der Waals surface area contributed by atoms with E-state index in [1.54, 1.807) is 6.20 Å². The molecular formula is C12H14ClF3N2. The molecule has 2 aromatic rings. The van der Waals surface area contributed by atoms with Gasteiger partial charge in [0.1, 0.15) is 0 Å². The number of rotatable bonds is 3. The van der Waals surface area contributed by atoms with Gasteiger partial charge in [-0.25, -0.2) is 0 Å². The van der Waals surface area contributed by atoms with E-state index >= 15 is 0 Å². The fraction of sp³-hybridized carbons (Fsp3) is 0.333. The van der Waals surface area contributed by atoms with E-state index in [0.717, 1.165) is 16.5 Å². The van der Waals surface area contributed by atoms with Crippen molar-refractivity contribution in [2.45, 2.75) is 25.1 Å². The number of aromatic nitrogens is 1. The highest BCUT2D eigenvalue weighted by Crippen LogP contribution is 2.29. The SMILES string of the molecule is Cl.N[C@H](CCC(F)(F)F)c1c[nH]c2ccccc12. The minimum Gasteiger partial charge on any atom is -0.361 e. The van der Waals surface area contributed by atoms with Crippen molar-refractivity contribution in [1.82, 2.24) is 4.98 Å². The second-order valence-electron chi connectivity index (χ2n) is 4.05. The Hall–Kier alpha value is -1.20. The number of hydrogen-bond acceptors (Lipinski definition) is 1. The molecule has 0 saturated carbocycles. The Labute approximate surface area is 109 Å². The van der Waals surface area contributed by atoms with E-state index in [9.17, 15) is 13.2 Å². The lowest BCUT2D eigenvalue weighted by Gasteiger charge is -2.12. The zero-order valence-electron chi connectivity index (χ0n) is 9.50. The molecule has 0 spiro atoms. The van der Waals surface area contributed by atoms with Crippen LogP contribution in [0.1, 0.15) is 24.4 Å². The van der Waals surface area contributed by atoms with Gasteiger partial charge in [-0.2, -0.15) is 13.2 Å². The van der Waals surface area contributed by atoms with Crippen LogP contribution in [-0.2, 0) is 0 Å². The molecular weight excluding hydrogens is 265 g/mol. The highest BCUT2D eigenvalue weighted by molar-refractivity contribution is 5.85. The minimum atomic E-state index is -4.15. The Bertz CT molecular complexity index is 507. The van der Waals surface area contributed by atoms with Crippen molar-refractivity contribution in [3.8, 4) is 0 Å². The Morgan fingerprint density at radius 2 is 1.89 bits per heavy atom. The van der Waals surface area contributed by atoms with Crippen molar-refractivity contribution in [2.24, 2.45) is 5.73 Å². The molecule has 2 rings (SSSR count). The van der Waals surface area contributed by atoms with E-state index in [-0.39, 0.29) is 18.8 Å². The predicted octanol–water partition coefficient (Wildman–Crippen LogP) is 3.93. The number of fused-ring (bicyclic) bond motifs is 1. The number of H-pyrrole nitrogens is 1. The summed E-state index contributed by atoms with van der Waals surface area (Å²) in [4.78, 5) is 3.00. The van der Waals surface area contributed by atoms with Crippen LogP contribution in [-0.4, -0.2) is 11.2 Å². The lowest BCUT2D eigenvalue weighted by Crippen LogP contribution is -2.15. The molecule has 0 fully saturated rings. The molecule has 100 valence electrons. The van der Waals surface area contributed by atoms with Gasteiger partial charge in [-0.05, 0) is 18.1 Å². The van der Waals surface area contributed by atoms with Crippen LogP contribution in [0.15, 0.2) is 30.5 Å². The third kappa shape index (κ3) is 3.40. The molecule has 6 heteroatoms. The third-order valence-corrected chi connectivity index (χ3v) is 2.76. The van der Waals surface area contributed by atoms with Gasteiger partial charge in [0.25, 0.3) is 0 Å². The second kappa shape index (κ2) is 5.63. The first-order valence-electron chi connectivity index (χ1n) is 5.36. The van der Waals surface area contributed by atoms with Gasteiger partial charge in [-0.15, -0.1) is 12.4 Å². The van der Waals surface area contributed by atoms with Crippen molar-refractivity contribution in [2.75, 3.05) is 0 Å². The highest BCUT2D eigenvalue weighted by Gasteiger charge is 2.28. The Kier molecular flexibility index (Phi) is 4.65. The maximum atomic E-state index is 12.1. The monoisotopic (exact) mass is 278 g/mol. The van der Waals surface area contributed by atoms with Gasteiger partial charge in [0.2, 0.25) is 0 Å². The van der Waals surface area contributed by atoms with Crippen molar-refractivity contribution < 1.29 is 13.2 Å². The van der Waals surface area contributed by atoms with Crippen molar-refractivity contribution in [3.05, 3.63) is 36.0 Å². The van der Waals surface area contributed by atoms with E-state index in [2.05, 4.69) is 4.98 Å². The maximum absolute atomic E-state index is 12.1. The summed E-state index contributed by atoms with van der Waals surface area (Å²) in [6.07, 6.45) is -3.41. The van der Waals surface area contributed by atoms with Crippen LogP contribution in [0.25, 0.3) is 10.9 Å². The molecule has 1 atom stereocenters. The summed E-state index contributed by atoms with van der Waals surface area (Å²) in [6, 6.07) is 6.84. The first-order valence-corrected chi connectivity index (χ1v) is 5.36. The molecule has 1 aromatic carbocycles. The van der Waals surface area contributed by atoms with E-state index in [4.69, 9.17) is 5.73 Å². The lowest BCUT2D eigenvalue weighted by atomic mass is 10.0. The summed E-state index contributed by atoms with van der Waals surface area (Å²) in [6.45, 7) is 0. The largest absolute Gasteiger partial charge is 0.389 e. The molecule has 0 aliphatic heterocycles. The molecule has 3 N–H and O–H groups in total. The van der Waals surface area contributed by atoms with Crippen LogP contribution in [0.5, 0.6) is 0 Å². The molecule has 0 unspecified atom stereocenters. The molecule has 1 heterocycles. The van der Waals surface area contributed by atoms with E-state index in [1.807, 2.05) is 24.3 Å². The average Bonchev–Trinajstić information content (AvgIpc) is 2.68. The standard InChI is InChI=1S/C12H13F3N2.ClH/c13-12(14,15)6-5-10(16)9-7-17-11-4-2-1-3-8(9)11;/h1-4,7,10,17H,5-6,16H2;1H/t10-;/m1./s1. The van der Waals surface area contributed by atoms with Gasteiger partial charge >= 0.3 is 6.18 Å². The number of aromatic amines is 1. The summed E-state index contributed by atoms with van der Waals surface area (Å²) in [7, 11) is 0. The minimum absolute atomic E-state index is 0. The molecule has 0 bridgehead atoms. The zero-order valence-corrected chi connectivity index (χ0v) is 10.3. The molecule has 0 radical (unpaired) electrons. The fourth-order valence-corrected chi connectivity index (χ4v) is 1.88. The van der Waals surface area contributed by atoms with E-state index in [0.29, 0.717) is 0 Å². The van der Waals surface area contributed by atoms with Crippen molar-refractivity contribution >= 4 is 23.3 Å². The van der Waals surface area contributed by atoms with Gasteiger partial charge in [0, 0.05) is 29.6 Å². The van der Waals surface area contributed by atoms with Gasteiger partial charge in [-0.1, -0.05) is 18.2 Å². The van der Waals surface area contributed by atoms with E-state index < -0.39 is 18.6 Å². The van der Waals surface area contributed by atoms with Gasteiger partial charge in [0.05, 0.1) is 0 Å². The molecule has 0 saturated heterocycles. The van der Waals surface area contributed by atoms with E-state index in [1.165, 1.54) is 0 Å². The topological polar surface area (TPSA) is 41.8 Å². The Morgan fingerprint density at radius 3 is 2.56 bits per heavy atom. The molecule has 18 heavy (non-hydrogen) atoms. The molecule has 0 amide bonds. The normalized spacial score (nSPS) is 13.3. The Balaban J connectivity index is 0.00000162. The number of alkyl halides is 3. The number of para-hydroxylation sites is 1. The molecule has 0 aliphatic rings. The van der Waals surface area contributed by atoms with Gasteiger partial charge in [-0.3, -0.25) is 0 Å². The summed E-state index contributed by atoms with van der Waals surface area (Å²) in [5, 5.41) is 0.891. The van der Waals surface area contributed by atoms with Gasteiger partial charge in [0.15, 0.2) is 0 Å². The number of nitrogens with two attached hydrogens (primary N) is 1. The summed E-state index contributed by atoms with van der Waals surface area (Å²) >= 11 is 0. The number of hydrogen-bond donors (Lipinski definition) is 2. The predicted molar refractivity (Wildman–Crippen MR) is 67.8 cm³/mol.